The number of aliphatic hydroxyl groups is 1. The molecule has 9 heteroatoms. The molecule has 0 spiro atoms. The highest BCUT2D eigenvalue weighted by Crippen LogP contribution is 2.26. The molecule has 0 aliphatic rings. The summed E-state index contributed by atoms with van der Waals surface area (Å²) in [6.07, 6.45) is -1.87. The fourth-order valence-corrected chi connectivity index (χ4v) is 2.75. The maximum Gasteiger partial charge on any atom is 0.332 e. The Bertz CT molecular complexity index is 589. The van der Waals surface area contributed by atoms with E-state index in [0.717, 1.165) is 0 Å². The number of methoxy groups -OCH3 is 1. The molecule has 0 heterocycles. The van der Waals surface area contributed by atoms with Gasteiger partial charge in [0.15, 0.2) is 6.10 Å². The molecule has 0 saturated carbocycles. The number of aliphatic hydroxyl groups excluding tert-OH is 1. The van der Waals surface area contributed by atoms with Crippen molar-refractivity contribution in [2.24, 2.45) is 0 Å². The number of sulfonamides is 1. The second kappa shape index (κ2) is 6.89. The molecule has 0 bridgehead atoms. The van der Waals surface area contributed by atoms with Crippen LogP contribution in [0.1, 0.15) is 6.42 Å². The van der Waals surface area contributed by atoms with Crippen molar-refractivity contribution in [2.75, 3.05) is 13.7 Å². The molecular weight excluding hydrogens is 310 g/mol. The number of aliphatic carboxylic acids is 1. The number of nitrogens with one attached hydrogen (secondary N) is 1. The third-order valence-corrected chi connectivity index (χ3v) is 4.15. The van der Waals surface area contributed by atoms with Crippen LogP contribution in [0.4, 0.5) is 0 Å². The first kappa shape index (κ1) is 16.7. The third kappa shape index (κ3) is 4.34. The minimum Gasteiger partial charge on any atom is -0.495 e. The Kier molecular flexibility index (Phi) is 5.75. The van der Waals surface area contributed by atoms with Crippen LogP contribution >= 0.6 is 11.6 Å². The zero-order valence-electron chi connectivity index (χ0n) is 10.5. The summed E-state index contributed by atoms with van der Waals surface area (Å²) in [5.74, 6) is -1.34. The summed E-state index contributed by atoms with van der Waals surface area (Å²) in [5, 5.41) is 17.9. The van der Waals surface area contributed by atoms with Crippen molar-refractivity contribution < 1.29 is 28.2 Å². The first-order chi connectivity index (χ1) is 9.27. The molecule has 112 valence electrons. The van der Waals surface area contributed by atoms with Crippen molar-refractivity contribution >= 4 is 27.6 Å². The SMILES string of the molecule is COc1cc(Cl)ccc1S(=O)(=O)NCC[C@H](O)C(=O)O. The number of benzene rings is 1. The molecule has 0 aliphatic carbocycles. The van der Waals surface area contributed by atoms with Gasteiger partial charge in [0, 0.05) is 17.6 Å². The van der Waals surface area contributed by atoms with Gasteiger partial charge in [0.1, 0.15) is 10.6 Å². The predicted molar refractivity (Wildman–Crippen MR) is 71.5 cm³/mol. The van der Waals surface area contributed by atoms with E-state index in [0.29, 0.717) is 5.02 Å². The first-order valence-corrected chi connectivity index (χ1v) is 7.38. The van der Waals surface area contributed by atoms with Gasteiger partial charge in [-0.1, -0.05) is 11.6 Å². The average molecular weight is 324 g/mol. The van der Waals surface area contributed by atoms with Gasteiger partial charge in [0.2, 0.25) is 10.0 Å². The van der Waals surface area contributed by atoms with Crippen LogP contribution in [0.3, 0.4) is 0 Å². The molecule has 0 fully saturated rings. The molecule has 3 N–H and O–H groups in total. The second-order valence-electron chi connectivity index (χ2n) is 3.84. The van der Waals surface area contributed by atoms with E-state index in [1.807, 2.05) is 0 Å². The van der Waals surface area contributed by atoms with E-state index in [9.17, 15) is 13.2 Å². The summed E-state index contributed by atoms with van der Waals surface area (Å²) in [6.45, 7) is -0.221. The second-order valence-corrected chi connectivity index (χ2v) is 6.01. The van der Waals surface area contributed by atoms with Gasteiger partial charge in [-0.3, -0.25) is 0 Å². The minimum absolute atomic E-state index is 0.0729. The number of hydrogen-bond donors (Lipinski definition) is 3. The van der Waals surface area contributed by atoms with E-state index in [1.165, 1.54) is 25.3 Å². The first-order valence-electron chi connectivity index (χ1n) is 5.52. The van der Waals surface area contributed by atoms with Crippen molar-refractivity contribution in [1.29, 1.82) is 0 Å². The van der Waals surface area contributed by atoms with Crippen LogP contribution in [0, 0.1) is 0 Å². The lowest BCUT2D eigenvalue weighted by Gasteiger charge is -2.11. The molecule has 1 aromatic rings. The van der Waals surface area contributed by atoms with Gasteiger partial charge < -0.3 is 14.9 Å². The molecule has 0 radical (unpaired) electrons. The van der Waals surface area contributed by atoms with E-state index in [-0.39, 0.29) is 23.6 Å². The lowest BCUT2D eigenvalue weighted by atomic mass is 10.3. The number of carbonyl (C=O) groups is 1. The number of carboxylic acids is 1. The monoisotopic (exact) mass is 323 g/mol. The van der Waals surface area contributed by atoms with Gasteiger partial charge >= 0.3 is 5.97 Å². The van der Waals surface area contributed by atoms with Crippen LogP contribution in [0.2, 0.25) is 5.02 Å². The quantitative estimate of drug-likeness (QED) is 0.672. The van der Waals surface area contributed by atoms with Gasteiger partial charge in [0.05, 0.1) is 7.11 Å². The van der Waals surface area contributed by atoms with Crippen LogP contribution in [0.15, 0.2) is 23.1 Å². The number of hydrogen-bond acceptors (Lipinski definition) is 5. The zero-order chi connectivity index (χ0) is 15.3. The smallest absolute Gasteiger partial charge is 0.332 e. The fourth-order valence-electron chi connectivity index (χ4n) is 1.39. The van der Waals surface area contributed by atoms with Crippen molar-refractivity contribution in [3.8, 4) is 5.75 Å². The summed E-state index contributed by atoms with van der Waals surface area (Å²) in [5.41, 5.74) is 0. The lowest BCUT2D eigenvalue weighted by molar-refractivity contribution is -0.146. The molecule has 20 heavy (non-hydrogen) atoms. The number of rotatable bonds is 7. The Labute approximate surface area is 121 Å². The van der Waals surface area contributed by atoms with Gasteiger partial charge in [-0.05, 0) is 18.6 Å². The molecule has 0 aromatic heterocycles. The lowest BCUT2D eigenvalue weighted by Crippen LogP contribution is -2.30. The van der Waals surface area contributed by atoms with Gasteiger partial charge in [0.25, 0.3) is 0 Å². The highest BCUT2D eigenvalue weighted by atomic mass is 35.5. The zero-order valence-corrected chi connectivity index (χ0v) is 12.1. The molecule has 1 rings (SSSR count). The fraction of sp³-hybridized carbons (Fsp3) is 0.364. The minimum atomic E-state index is -3.88. The van der Waals surface area contributed by atoms with E-state index in [1.54, 1.807) is 0 Å². The molecule has 1 atom stereocenters. The number of halogens is 1. The maximum atomic E-state index is 12.0. The van der Waals surface area contributed by atoms with Crippen LogP contribution in [-0.4, -0.2) is 44.4 Å². The van der Waals surface area contributed by atoms with Crippen LogP contribution in [0.5, 0.6) is 5.75 Å². The number of carboxylic acid groups (broad SMARTS) is 1. The Morgan fingerprint density at radius 2 is 2.15 bits per heavy atom. The summed E-state index contributed by atoms with van der Waals surface area (Å²) in [6, 6.07) is 4.02. The van der Waals surface area contributed by atoms with Crippen molar-refractivity contribution in [3.63, 3.8) is 0 Å². The standard InChI is InChI=1S/C11H14ClNO6S/c1-19-9-6-7(12)2-3-10(9)20(17,18)13-5-4-8(14)11(15)16/h2-3,6,8,13-14H,4-5H2,1H3,(H,15,16)/t8-/m0/s1. The van der Waals surface area contributed by atoms with Crippen LogP contribution < -0.4 is 9.46 Å². The Balaban J connectivity index is 2.82. The number of ether oxygens (including phenoxy) is 1. The van der Waals surface area contributed by atoms with Crippen LogP contribution in [0.25, 0.3) is 0 Å². The van der Waals surface area contributed by atoms with Crippen LogP contribution in [-0.2, 0) is 14.8 Å². The average Bonchev–Trinajstić information content (AvgIpc) is 2.37. The van der Waals surface area contributed by atoms with Gasteiger partial charge in [-0.25, -0.2) is 17.9 Å². The topological polar surface area (TPSA) is 113 Å². The van der Waals surface area contributed by atoms with Gasteiger partial charge in [-0.15, -0.1) is 0 Å². The Hall–Kier alpha value is -1.35. The largest absolute Gasteiger partial charge is 0.495 e. The van der Waals surface area contributed by atoms with E-state index < -0.39 is 22.1 Å². The van der Waals surface area contributed by atoms with Crippen molar-refractivity contribution in [3.05, 3.63) is 23.2 Å². The van der Waals surface area contributed by atoms with E-state index in [4.69, 9.17) is 26.6 Å². The Morgan fingerprint density at radius 3 is 2.70 bits per heavy atom. The summed E-state index contributed by atoms with van der Waals surface area (Å²) >= 11 is 5.73. The highest BCUT2D eigenvalue weighted by Gasteiger charge is 2.20. The summed E-state index contributed by atoms with van der Waals surface area (Å²) < 4.78 is 31.1. The van der Waals surface area contributed by atoms with Crippen molar-refractivity contribution in [1.82, 2.24) is 4.72 Å². The van der Waals surface area contributed by atoms with E-state index in [2.05, 4.69) is 4.72 Å². The molecule has 1 aromatic carbocycles. The molecule has 0 amide bonds. The Morgan fingerprint density at radius 1 is 1.50 bits per heavy atom. The predicted octanol–water partition coefficient (Wildman–Crippen LogP) is 0.463. The summed E-state index contributed by atoms with van der Waals surface area (Å²) in [7, 11) is -2.57. The maximum absolute atomic E-state index is 12.0. The van der Waals surface area contributed by atoms with Gasteiger partial charge in [-0.2, -0.15) is 0 Å². The molecule has 7 nitrogen and oxygen atoms in total. The third-order valence-electron chi connectivity index (χ3n) is 2.41. The molecule has 0 saturated heterocycles. The highest BCUT2D eigenvalue weighted by molar-refractivity contribution is 7.89. The molecule has 0 unspecified atom stereocenters. The molecular formula is C11H14ClNO6S. The summed E-state index contributed by atoms with van der Waals surface area (Å²) in [4.78, 5) is 10.3. The normalized spacial score (nSPS) is 12.9. The van der Waals surface area contributed by atoms with E-state index >= 15 is 0 Å². The van der Waals surface area contributed by atoms with Crippen molar-refractivity contribution in [2.45, 2.75) is 17.4 Å². The molecule has 0 aliphatic heterocycles.